The van der Waals surface area contributed by atoms with Crippen LogP contribution in [0.2, 0.25) is 0 Å². The highest BCUT2D eigenvalue weighted by atomic mass is 19.1. The van der Waals surface area contributed by atoms with Crippen molar-refractivity contribution >= 4 is 0 Å². The number of benzene rings is 1. The molecule has 0 amide bonds. The second-order valence-corrected chi connectivity index (χ2v) is 3.57. The fourth-order valence-corrected chi connectivity index (χ4v) is 2.05. The van der Waals surface area contributed by atoms with Gasteiger partial charge in [0, 0.05) is 17.2 Å². The minimum absolute atomic E-state index is 0.0776. The van der Waals surface area contributed by atoms with Crippen LogP contribution in [-0.2, 0) is 6.42 Å². The molecule has 1 atom stereocenters. The number of halogens is 1. The number of rotatable bonds is 1. The first-order chi connectivity index (χ1) is 6.74. The summed E-state index contributed by atoms with van der Waals surface area (Å²) >= 11 is 0. The molecule has 1 aliphatic heterocycles. The average molecular weight is 195 g/mol. The van der Waals surface area contributed by atoms with Crippen LogP contribution in [0.1, 0.15) is 24.1 Å². The van der Waals surface area contributed by atoms with E-state index < -0.39 is 0 Å². The van der Waals surface area contributed by atoms with E-state index in [1.807, 2.05) is 6.92 Å². The molecule has 1 aromatic rings. The molecule has 14 heavy (non-hydrogen) atoms. The van der Waals surface area contributed by atoms with Crippen molar-refractivity contribution in [1.82, 2.24) is 5.32 Å². The van der Waals surface area contributed by atoms with Gasteiger partial charge >= 0.3 is 0 Å². The van der Waals surface area contributed by atoms with Crippen LogP contribution in [0.25, 0.3) is 0 Å². The van der Waals surface area contributed by atoms with E-state index in [0.717, 1.165) is 29.8 Å². The van der Waals surface area contributed by atoms with E-state index in [-0.39, 0.29) is 11.9 Å². The van der Waals surface area contributed by atoms with Crippen LogP contribution < -0.4 is 10.1 Å². The molecular formula is C11H14FNO. The van der Waals surface area contributed by atoms with Gasteiger partial charge in [0.15, 0.2) is 0 Å². The molecule has 1 aromatic carbocycles. The Bertz CT molecular complexity index is 351. The fourth-order valence-electron chi connectivity index (χ4n) is 2.05. The number of hydrogen-bond donors (Lipinski definition) is 1. The minimum atomic E-state index is -0.138. The summed E-state index contributed by atoms with van der Waals surface area (Å²) in [4.78, 5) is 0. The second kappa shape index (κ2) is 3.58. The summed E-state index contributed by atoms with van der Waals surface area (Å²) in [7, 11) is 1.63. The Morgan fingerprint density at radius 2 is 2.29 bits per heavy atom. The molecule has 2 nitrogen and oxygen atoms in total. The third-order valence-corrected chi connectivity index (χ3v) is 2.74. The van der Waals surface area contributed by atoms with Gasteiger partial charge in [-0.1, -0.05) is 0 Å². The van der Waals surface area contributed by atoms with Gasteiger partial charge in [-0.15, -0.1) is 0 Å². The zero-order valence-electron chi connectivity index (χ0n) is 8.43. The van der Waals surface area contributed by atoms with Crippen LogP contribution in [0.4, 0.5) is 4.39 Å². The molecule has 76 valence electrons. The molecule has 0 unspecified atom stereocenters. The zero-order valence-corrected chi connectivity index (χ0v) is 8.43. The molecule has 0 fully saturated rings. The quantitative estimate of drug-likeness (QED) is 0.740. The lowest BCUT2D eigenvalue weighted by Crippen LogP contribution is -2.29. The Morgan fingerprint density at radius 3 is 3.00 bits per heavy atom. The van der Waals surface area contributed by atoms with E-state index in [2.05, 4.69) is 5.32 Å². The maximum atomic E-state index is 13.5. The van der Waals surface area contributed by atoms with E-state index in [1.54, 1.807) is 13.2 Å². The summed E-state index contributed by atoms with van der Waals surface area (Å²) in [5.41, 5.74) is 1.77. The average Bonchev–Trinajstić information content (AvgIpc) is 2.18. The standard InChI is InChI=1S/C11H14FNO/c1-7-11-8(5-6-13-7)10(14-2)4-3-9(11)12/h3-4,7,13H,5-6H2,1-2H3/t7-/m0/s1. The third kappa shape index (κ3) is 1.38. The number of hydrogen-bond acceptors (Lipinski definition) is 2. The highest BCUT2D eigenvalue weighted by Gasteiger charge is 2.22. The summed E-state index contributed by atoms with van der Waals surface area (Å²) in [6.45, 7) is 2.86. The molecule has 1 N–H and O–H groups in total. The molecule has 0 bridgehead atoms. The summed E-state index contributed by atoms with van der Waals surface area (Å²) in [6, 6.07) is 3.25. The van der Waals surface area contributed by atoms with E-state index in [4.69, 9.17) is 4.74 Å². The molecule has 1 aliphatic rings. The van der Waals surface area contributed by atoms with Crippen LogP contribution in [0.15, 0.2) is 12.1 Å². The van der Waals surface area contributed by atoms with E-state index in [0.29, 0.717) is 0 Å². The van der Waals surface area contributed by atoms with Crippen molar-refractivity contribution in [2.75, 3.05) is 13.7 Å². The minimum Gasteiger partial charge on any atom is -0.496 e. The molecule has 0 saturated carbocycles. The molecule has 1 heterocycles. The van der Waals surface area contributed by atoms with E-state index in [9.17, 15) is 4.39 Å². The summed E-state index contributed by atoms with van der Waals surface area (Å²) < 4.78 is 18.8. The lowest BCUT2D eigenvalue weighted by molar-refractivity contribution is 0.398. The third-order valence-electron chi connectivity index (χ3n) is 2.74. The van der Waals surface area contributed by atoms with Crippen molar-refractivity contribution in [1.29, 1.82) is 0 Å². The number of nitrogens with one attached hydrogen (secondary N) is 1. The zero-order chi connectivity index (χ0) is 10.1. The maximum Gasteiger partial charge on any atom is 0.128 e. The van der Waals surface area contributed by atoms with Crippen LogP contribution in [0.5, 0.6) is 5.75 Å². The smallest absolute Gasteiger partial charge is 0.128 e. The van der Waals surface area contributed by atoms with Crippen LogP contribution in [-0.4, -0.2) is 13.7 Å². The maximum absolute atomic E-state index is 13.5. The largest absolute Gasteiger partial charge is 0.496 e. The Morgan fingerprint density at radius 1 is 1.50 bits per heavy atom. The van der Waals surface area contributed by atoms with Gasteiger partial charge in [0.1, 0.15) is 11.6 Å². The van der Waals surface area contributed by atoms with Gasteiger partial charge in [-0.3, -0.25) is 0 Å². The van der Waals surface area contributed by atoms with Crippen LogP contribution in [0.3, 0.4) is 0 Å². The predicted octanol–water partition coefficient (Wildman–Crippen LogP) is 2.04. The fraction of sp³-hybridized carbons (Fsp3) is 0.455. The molecular weight excluding hydrogens is 181 g/mol. The topological polar surface area (TPSA) is 21.3 Å². The summed E-state index contributed by atoms with van der Waals surface area (Å²) in [5.74, 6) is 0.662. The normalized spacial score (nSPS) is 20.4. The first-order valence-electron chi connectivity index (χ1n) is 4.82. The van der Waals surface area contributed by atoms with Gasteiger partial charge in [-0.25, -0.2) is 4.39 Å². The Hall–Kier alpha value is -1.09. The number of methoxy groups -OCH3 is 1. The van der Waals surface area contributed by atoms with Crippen LogP contribution >= 0.6 is 0 Å². The van der Waals surface area contributed by atoms with Gasteiger partial charge in [-0.05, 0) is 32.0 Å². The van der Waals surface area contributed by atoms with Crippen molar-refractivity contribution in [3.63, 3.8) is 0 Å². The molecule has 0 saturated heterocycles. The highest BCUT2D eigenvalue weighted by Crippen LogP contribution is 2.32. The summed E-state index contributed by atoms with van der Waals surface area (Å²) in [6.07, 6.45) is 0.834. The van der Waals surface area contributed by atoms with Crippen LogP contribution in [0, 0.1) is 5.82 Å². The van der Waals surface area contributed by atoms with Gasteiger partial charge in [-0.2, -0.15) is 0 Å². The Labute approximate surface area is 83.1 Å². The van der Waals surface area contributed by atoms with E-state index >= 15 is 0 Å². The van der Waals surface area contributed by atoms with E-state index in [1.165, 1.54) is 6.07 Å². The van der Waals surface area contributed by atoms with Gasteiger partial charge in [0.25, 0.3) is 0 Å². The first-order valence-corrected chi connectivity index (χ1v) is 4.82. The number of ether oxygens (including phenoxy) is 1. The first kappa shape index (κ1) is 9.46. The van der Waals surface area contributed by atoms with Crippen molar-refractivity contribution in [3.8, 4) is 5.75 Å². The monoisotopic (exact) mass is 195 g/mol. The molecule has 2 rings (SSSR count). The van der Waals surface area contributed by atoms with Crippen molar-refractivity contribution in [3.05, 3.63) is 29.1 Å². The highest BCUT2D eigenvalue weighted by molar-refractivity contribution is 5.44. The molecule has 3 heteroatoms. The van der Waals surface area contributed by atoms with Crippen molar-refractivity contribution in [2.24, 2.45) is 0 Å². The van der Waals surface area contributed by atoms with Gasteiger partial charge in [0.2, 0.25) is 0 Å². The molecule has 0 aromatic heterocycles. The van der Waals surface area contributed by atoms with Crippen molar-refractivity contribution in [2.45, 2.75) is 19.4 Å². The summed E-state index contributed by atoms with van der Waals surface area (Å²) in [5, 5.41) is 3.23. The lowest BCUT2D eigenvalue weighted by atomic mass is 9.94. The Balaban J connectivity index is 2.57. The predicted molar refractivity (Wildman–Crippen MR) is 53.1 cm³/mol. The van der Waals surface area contributed by atoms with Gasteiger partial charge < -0.3 is 10.1 Å². The van der Waals surface area contributed by atoms with Gasteiger partial charge in [0.05, 0.1) is 7.11 Å². The number of fused-ring (bicyclic) bond motifs is 1. The lowest BCUT2D eigenvalue weighted by Gasteiger charge is -2.25. The Kier molecular flexibility index (Phi) is 2.42. The second-order valence-electron chi connectivity index (χ2n) is 3.57. The molecule has 0 aliphatic carbocycles. The van der Waals surface area contributed by atoms with Crippen molar-refractivity contribution < 1.29 is 9.13 Å². The SMILES string of the molecule is COc1ccc(F)c2c1CCN[C@H]2C. The molecule has 0 spiro atoms. The molecule has 0 radical (unpaired) electrons.